The largest absolute Gasteiger partial charge is 0.370 e. The van der Waals surface area contributed by atoms with Gasteiger partial charge in [0.25, 0.3) is 0 Å². The predicted octanol–water partition coefficient (Wildman–Crippen LogP) is 2.00. The number of anilines is 1. The molecule has 0 radical (unpaired) electrons. The molecule has 24 heavy (non-hydrogen) atoms. The first-order valence-electron chi connectivity index (χ1n) is 8.19. The van der Waals surface area contributed by atoms with Crippen molar-refractivity contribution in [1.82, 2.24) is 0 Å². The van der Waals surface area contributed by atoms with Gasteiger partial charge in [-0.2, -0.15) is 0 Å². The second-order valence-corrected chi connectivity index (χ2v) is 10.1. The molecule has 0 aromatic heterocycles. The maximum Gasteiger partial charge on any atom is 0.238 e. The van der Waals surface area contributed by atoms with Crippen molar-refractivity contribution in [1.29, 1.82) is 0 Å². The van der Waals surface area contributed by atoms with E-state index in [4.69, 9.17) is 5.14 Å². The molecule has 0 aliphatic carbocycles. The molecule has 1 aliphatic heterocycles. The minimum absolute atomic E-state index is 0.0271. The lowest BCUT2D eigenvalue weighted by molar-refractivity contribution is 0.339. The molecule has 1 saturated heterocycles. The van der Waals surface area contributed by atoms with Crippen LogP contribution in [0.3, 0.4) is 0 Å². The highest BCUT2D eigenvalue weighted by Gasteiger charge is 2.30. The van der Waals surface area contributed by atoms with Crippen LogP contribution in [0.25, 0.3) is 0 Å². The van der Waals surface area contributed by atoms with E-state index in [1.54, 1.807) is 6.07 Å². The average molecular weight is 375 g/mol. The van der Waals surface area contributed by atoms with Gasteiger partial charge in [-0.25, -0.2) is 22.0 Å². The Bertz CT molecular complexity index is 799. The Morgan fingerprint density at radius 3 is 2.33 bits per heavy atom. The van der Waals surface area contributed by atoms with Gasteiger partial charge in [0, 0.05) is 19.3 Å². The van der Waals surface area contributed by atoms with Gasteiger partial charge in [-0.3, -0.25) is 0 Å². The normalized spacial score (nSPS) is 19.2. The fraction of sp³-hybridized carbons (Fsp3) is 0.625. The van der Waals surface area contributed by atoms with Gasteiger partial charge in [0.2, 0.25) is 10.0 Å². The molecule has 0 spiro atoms. The van der Waals surface area contributed by atoms with Gasteiger partial charge >= 0.3 is 0 Å². The molecular weight excluding hydrogens is 348 g/mol. The van der Waals surface area contributed by atoms with E-state index in [2.05, 4.69) is 13.8 Å². The van der Waals surface area contributed by atoms with Crippen molar-refractivity contribution in [3.63, 3.8) is 0 Å². The summed E-state index contributed by atoms with van der Waals surface area (Å²) in [5.74, 6) is 1.16. The Balaban J connectivity index is 2.41. The number of sulfonamides is 1. The van der Waals surface area contributed by atoms with Gasteiger partial charge in [-0.05, 0) is 36.5 Å². The van der Waals surface area contributed by atoms with Crippen LogP contribution in [-0.4, -0.2) is 36.2 Å². The highest BCUT2D eigenvalue weighted by atomic mass is 32.2. The van der Waals surface area contributed by atoms with Crippen LogP contribution in [0, 0.1) is 11.8 Å². The molecule has 8 heteroatoms. The lowest BCUT2D eigenvalue weighted by Gasteiger charge is -2.24. The average Bonchev–Trinajstić information content (AvgIpc) is 2.96. The van der Waals surface area contributed by atoms with Gasteiger partial charge in [0.1, 0.15) is 0 Å². The molecule has 1 aliphatic rings. The van der Waals surface area contributed by atoms with Crippen molar-refractivity contribution in [3.8, 4) is 0 Å². The van der Waals surface area contributed by atoms with Crippen LogP contribution < -0.4 is 10.0 Å². The summed E-state index contributed by atoms with van der Waals surface area (Å²) in [5, 5.41) is 5.13. The molecule has 1 heterocycles. The zero-order valence-electron chi connectivity index (χ0n) is 14.4. The molecule has 1 aromatic carbocycles. The summed E-state index contributed by atoms with van der Waals surface area (Å²) in [5.41, 5.74) is 0.568. The van der Waals surface area contributed by atoms with E-state index < -0.39 is 19.9 Å². The summed E-state index contributed by atoms with van der Waals surface area (Å²) >= 11 is 0. The summed E-state index contributed by atoms with van der Waals surface area (Å²) in [6.45, 7) is 5.93. The Morgan fingerprint density at radius 2 is 1.83 bits per heavy atom. The topological polar surface area (TPSA) is 97.5 Å². The summed E-state index contributed by atoms with van der Waals surface area (Å²) in [7, 11) is -7.51. The van der Waals surface area contributed by atoms with Gasteiger partial charge in [0.15, 0.2) is 9.84 Å². The molecule has 2 rings (SSSR count). The third-order valence-corrected chi connectivity index (χ3v) is 6.98. The smallest absolute Gasteiger partial charge is 0.238 e. The van der Waals surface area contributed by atoms with E-state index in [9.17, 15) is 16.8 Å². The minimum atomic E-state index is -3.94. The van der Waals surface area contributed by atoms with Crippen molar-refractivity contribution in [3.05, 3.63) is 18.2 Å². The first-order valence-corrected chi connectivity index (χ1v) is 11.6. The van der Waals surface area contributed by atoms with Gasteiger partial charge in [-0.15, -0.1) is 0 Å². The standard InChI is InChI=1S/C16H26N2O4S2/c1-4-12(5-2)13-8-9-18(11-13)15-7-6-14(24(17,21)22)10-16(15)23(3,19)20/h6-7,10,12-13H,4-5,8-9,11H2,1-3H3,(H2,17,21,22). The zero-order chi connectivity index (χ0) is 18.1. The SMILES string of the molecule is CCC(CC)C1CCN(c2ccc(S(N)(=O)=O)cc2S(C)(=O)=O)C1. The minimum Gasteiger partial charge on any atom is -0.370 e. The Morgan fingerprint density at radius 1 is 1.21 bits per heavy atom. The summed E-state index contributed by atoms with van der Waals surface area (Å²) in [4.78, 5) is 1.90. The van der Waals surface area contributed by atoms with Crippen LogP contribution in [0.2, 0.25) is 0 Å². The van der Waals surface area contributed by atoms with E-state index in [0.29, 0.717) is 17.5 Å². The number of nitrogens with two attached hydrogens (primary N) is 1. The van der Waals surface area contributed by atoms with E-state index >= 15 is 0 Å². The molecule has 1 aromatic rings. The molecule has 1 fully saturated rings. The first-order chi connectivity index (χ1) is 11.1. The predicted molar refractivity (Wildman–Crippen MR) is 95.3 cm³/mol. The van der Waals surface area contributed by atoms with Crippen molar-refractivity contribution < 1.29 is 16.8 Å². The number of rotatable bonds is 6. The summed E-state index contributed by atoms with van der Waals surface area (Å²) < 4.78 is 47.4. The zero-order valence-corrected chi connectivity index (χ0v) is 16.0. The van der Waals surface area contributed by atoms with Crippen LogP contribution in [0.4, 0.5) is 5.69 Å². The van der Waals surface area contributed by atoms with Crippen LogP contribution in [0.5, 0.6) is 0 Å². The molecule has 0 bridgehead atoms. The quantitative estimate of drug-likeness (QED) is 0.821. The molecule has 6 nitrogen and oxygen atoms in total. The van der Waals surface area contributed by atoms with Gasteiger partial charge in [0.05, 0.1) is 15.5 Å². The number of nitrogens with zero attached hydrogens (tertiary/aromatic N) is 1. The van der Waals surface area contributed by atoms with Crippen molar-refractivity contribution in [2.75, 3.05) is 24.2 Å². The van der Waals surface area contributed by atoms with E-state index in [1.807, 2.05) is 4.90 Å². The molecule has 0 amide bonds. The fourth-order valence-corrected chi connectivity index (χ4v) is 5.11. The summed E-state index contributed by atoms with van der Waals surface area (Å²) in [6.07, 6.45) is 4.33. The van der Waals surface area contributed by atoms with Crippen molar-refractivity contribution >= 4 is 25.5 Å². The van der Waals surface area contributed by atoms with E-state index in [0.717, 1.165) is 38.6 Å². The van der Waals surface area contributed by atoms with Gasteiger partial charge in [-0.1, -0.05) is 26.7 Å². The number of hydrogen-bond acceptors (Lipinski definition) is 5. The number of sulfone groups is 1. The maximum absolute atomic E-state index is 12.2. The Labute approximate surface area is 145 Å². The third-order valence-electron chi connectivity index (χ3n) is 4.94. The number of primary sulfonamides is 1. The van der Waals surface area contributed by atoms with E-state index in [-0.39, 0.29) is 9.79 Å². The third kappa shape index (κ3) is 4.10. The Hall–Kier alpha value is -1.12. The van der Waals surface area contributed by atoms with Crippen molar-refractivity contribution in [2.45, 2.75) is 42.9 Å². The number of benzene rings is 1. The lowest BCUT2D eigenvalue weighted by atomic mass is 9.87. The second kappa shape index (κ2) is 7.01. The molecule has 136 valence electrons. The first kappa shape index (κ1) is 19.2. The maximum atomic E-state index is 12.2. The molecule has 0 saturated carbocycles. The van der Waals surface area contributed by atoms with Crippen LogP contribution in [-0.2, 0) is 19.9 Å². The summed E-state index contributed by atoms with van der Waals surface area (Å²) in [6, 6.07) is 4.11. The van der Waals surface area contributed by atoms with Crippen LogP contribution in [0.15, 0.2) is 28.0 Å². The highest BCUT2D eigenvalue weighted by molar-refractivity contribution is 7.91. The Kier molecular flexibility index (Phi) is 5.61. The fourth-order valence-electron chi connectivity index (χ4n) is 3.58. The highest BCUT2D eigenvalue weighted by Crippen LogP contribution is 2.35. The molecule has 1 unspecified atom stereocenters. The number of hydrogen-bond donors (Lipinski definition) is 1. The second-order valence-electron chi connectivity index (χ2n) is 6.52. The van der Waals surface area contributed by atoms with Crippen LogP contribution in [0.1, 0.15) is 33.1 Å². The van der Waals surface area contributed by atoms with Crippen molar-refractivity contribution in [2.24, 2.45) is 17.0 Å². The molecule has 1 atom stereocenters. The molecular formula is C16H26N2O4S2. The van der Waals surface area contributed by atoms with Crippen LogP contribution >= 0.6 is 0 Å². The van der Waals surface area contributed by atoms with E-state index in [1.165, 1.54) is 12.1 Å². The molecule has 2 N–H and O–H groups in total. The lowest BCUT2D eigenvalue weighted by Crippen LogP contribution is -2.24. The monoisotopic (exact) mass is 374 g/mol. The van der Waals surface area contributed by atoms with Gasteiger partial charge < -0.3 is 4.90 Å².